The Balaban J connectivity index is 0.00000361. The lowest BCUT2D eigenvalue weighted by Gasteiger charge is -2.18. The maximum atomic E-state index is 11.7. The third-order valence-electron chi connectivity index (χ3n) is 2.85. The molecular formula is C14H22ClN3O2. The van der Waals surface area contributed by atoms with Gasteiger partial charge in [0.25, 0.3) is 0 Å². The molecule has 1 aromatic rings. The van der Waals surface area contributed by atoms with Crippen molar-refractivity contribution in [2.24, 2.45) is 5.73 Å². The van der Waals surface area contributed by atoms with Crippen LogP contribution in [0, 0.1) is 6.92 Å². The van der Waals surface area contributed by atoms with Crippen molar-refractivity contribution < 1.29 is 9.59 Å². The van der Waals surface area contributed by atoms with Gasteiger partial charge >= 0.3 is 0 Å². The highest BCUT2D eigenvalue weighted by Crippen LogP contribution is 2.16. The largest absolute Gasteiger partial charge is 0.348 e. The number of benzene rings is 1. The normalized spacial score (nSPS) is 11.2. The molecule has 6 heteroatoms. The molecule has 0 heterocycles. The van der Waals surface area contributed by atoms with E-state index < -0.39 is 0 Å². The van der Waals surface area contributed by atoms with Crippen LogP contribution < -0.4 is 16.4 Å². The van der Waals surface area contributed by atoms with E-state index in [1.165, 1.54) is 5.56 Å². The molecule has 0 saturated heterocycles. The molecule has 4 N–H and O–H groups in total. The van der Waals surface area contributed by atoms with Crippen molar-refractivity contribution >= 4 is 24.2 Å². The first-order valence-corrected chi connectivity index (χ1v) is 6.39. The second kappa shape index (κ2) is 9.34. The van der Waals surface area contributed by atoms with Crippen LogP contribution in [0.5, 0.6) is 0 Å². The quantitative estimate of drug-likeness (QED) is 0.734. The Bertz CT molecular complexity index is 435. The molecule has 0 aromatic heterocycles. The second-order valence-electron chi connectivity index (χ2n) is 4.42. The standard InChI is InChI=1S/C14H21N3O2.ClH/c1-3-12(11-6-4-10(2)5-7-11)17-14(19)9-16-13(18)8-15;/h4-7,12H,3,8-9,15H2,1-2H3,(H,16,18)(H,17,19);1H. The molecule has 0 aliphatic rings. The highest BCUT2D eigenvalue weighted by molar-refractivity contribution is 5.85. The van der Waals surface area contributed by atoms with Gasteiger partial charge in [0.1, 0.15) is 0 Å². The molecule has 1 atom stereocenters. The molecule has 1 rings (SSSR count). The third-order valence-corrected chi connectivity index (χ3v) is 2.85. The van der Waals surface area contributed by atoms with Gasteiger partial charge in [0.05, 0.1) is 19.1 Å². The van der Waals surface area contributed by atoms with E-state index >= 15 is 0 Å². The molecule has 0 saturated carbocycles. The average molecular weight is 300 g/mol. The van der Waals surface area contributed by atoms with Gasteiger partial charge in [-0.2, -0.15) is 0 Å². The lowest BCUT2D eigenvalue weighted by atomic mass is 10.0. The first-order chi connectivity index (χ1) is 9.06. The summed E-state index contributed by atoms with van der Waals surface area (Å²) in [6, 6.07) is 7.99. The fourth-order valence-corrected chi connectivity index (χ4v) is 1.72. The van der Waals surface area contributed by atoms with E-state index in [2.05, 4.69) is 10.6 Å². The van der Waals surface area contributed by atoms with Crippen LogP contribution in [-0.2, 0) is 9.59 Å². The summed E-state index contributed by atoms with van der Waals surface area (Å²) < 4.78 is 0. The Labute approximate surface area is 125 Å². The predicted molar refractivity (Wildman–Crippen MR) is 81.7 cm³/mol. The number of amides is 2. The van der Waals surface area contributed by atoms with E-state index in [1.807, 2.05) is 38.1 Å². The van der Waals surface area contributed by atoms with Crippen molar-refractivity contribution in [1.82, 2.24) is 10.6 Å². The summed E-state index contributed by atoms with van der Waals surface area (Å²) in [6.07, 6.45) is 0.791. The van der Waals surface area contributed by atoms with Gasteiger partial charge in [-0.05, 0) is 18.9 Å². The lowest BCUT2D eigenvalue weighted by Crippen LogP contribution is -2.40. The molecule has 0 fully saturated rings. The average Bonchev–Trinajstić information content (AvgIpc) is 2.43. The minimum Gasteiger partial charge on any atom is -0.348 e. The van der Waals surface area contributed by atoms with Crippen LogP contribution >= 0.6 is 12.4 Å². The number of nitrogens with one attached hydrogen (secondary N) is 2. The lowest BCUT2D eigenvalue weighted by molar-refractivity contribution is -0.125. The Kier molecular flexibility index (Phi) is 8.59. The van der Waals surface area contributed by atoms with Gasteiger partial charge in [-0.3, -0.25) is 9.59 Å². The molecule has 0 radical (unpaired) electrons. The second-order valence-corrected chi connectivity index (χ2v) is 4.42. The van der Waals surface area contributed by atoms with E-state index in [0.717, 1.165) is 12.0 Å². The van der Waals surface area contributed by atoms with Gasteiger partial charge in [-0.25, -0.2) is 0 Å². The SMILES string of the molecule is CCC(NC(=O)CNC(=O)CN)c1ccc(C)cc1.Cl. The number of nitrogens with two attached hydrogens (primary N) is 1. The number of carbonyl (C=O) groups excluding carboxylic acids is 2. The Morgan fingerprint density at radius 1 is 1.20 bits per heavy atom. The highest BCUT2D eigenvalue weighted by atomic mass is 35.5. The van der Waals surface area contributed by atoms with Crippen LogP contribution in [0.4, 0.5) is 0 Å². The number of aryl methyl sites for hydroxylation is 1. The van der Waals surface area contributed by atoms with Crippen molar-refractivity contribution in [3.8, 4) is 0 Å². The van der Waals surface area contributed by atoms with E-state index in [1.54, 1.807) is 0 Å². The van der Waals surface area contributed by atoms with Crippen LogP contribution in [-0.4, -0.2) is 24.9 Å². The van der Waals surface area contributed by atoms with Crippen molar-refractivity contribution in [1.29, 1.82) is 0 Å². The smallest absolute Gasteiger partial charge is 0.239 e. The monoisotopic (exact) mass is 299 g/mol. The summed E-state index contributed by atoms with van der Waals surface area (Å²) in [5, 5.41) is 5.33. The summed E-state index contributed by atoms with van der Waals surface area (Å²) in [4.78, 5) is 22.7. The predicted octanol–water partition coefficient (Wildman–Crippen LogP) is 1.06. The summed E-state index contributed by atoms with van der Waals surface area (Å²) in [5.74, 6) is -0.548. The zero-order chi connectivity index (χ0) is 14.3. The maximum absolute atomic E-state index is 11.7. The molecule has 0 bridgehead atoms. The van der Waals surface area contributed by atoms with Gasteiger partial charge in [0, 0.05) is 0 Å². The number of carbonyl (C=O) groups is 2. The van der Waals surface area contributed by atoms with Crippen molar-refractivity contribution in [2.75, 3.05) is 13.1 Å². The fourth-order valence-electron chi connectivity index (χ4n) is 1.72. The van der Waals surface area contributed by atoms with E-state index in [-0.39, 0.29) is 43.4 Å². The number of hydrogen-bond donors (Lipinski definition) is 3. The topological polar surface area (TPSA) is 84.2 Å². The minimum atomic E-state index is -0.335. The number of rotatable bonds is 6. The fraction of sp³-hybridized carbons (Fsp3) is 0.429. The highest BCUT2D eigenvalue weighted by Gasteiger charge is 2.12. The van der Waals surface area contributed by atoms with Gasteiger partial charge in [-0.15, -0.1) is 12.4 Å². The third kappa shape index (κ3) is 6.04. The first-order valence-electron chi connectivity index (χ1n) is 6.39. The molecule has 0 aliphatic heterocycles. The van der Waals surface area contributed by atoms with E-state index in [0.29, 0.717) is 0 Å². The summed E-state index contributed by atoms with van der Waals surface area (Å²) in [6.45, 7) is 3.87. The van der Waals surface area contributed by atoms with Crippen molar-refractivity contribution in [2.45, 2.75) is 26.3 Å². The van der Waals surface area contributed by atoms with Gasteiger partial charge < -0.3 is 16.4 Å². The summed E-state index contributed by atoms with van der Waals surface area (Å²) in [7, 11) is 0. The molecule has 20 heavy (non-hydrogen) atoms. The maximum Gasteiger partial charge on any atom is 0.239 e. The molecule has 2 amide bonds. The number of halogens is 1. The van der Waals surface area contributed by atoms with Gasteiger partial charge in [0.2, 0.25) is 11.8 Å². The van der Waals surface area contributed by atoms with Crippen LogP contribution in [0.2, 0.25) is 0 Å². The molecular weight excluding hydrogens is 278 g/mol. The van der Waals surface area contributed by atoms with E-state index in [9.17, 15) is 9.59 Å². The molecule has 0 aliphatic carbocycles. The van der Waals surface area contributed by atoms with Crippen molar-refractivity contribution in [3.05, 3.63) is 35.4 Å². The Hall–Kier alpha value is -1.59. The van der Waals surface area contributed by atoms with Crippen LogP contribution in [0.3, 0.4) is 0 Å². The zero-order valence-corrected chi connectivity index (χ0v) is 12.6. The zero-order valence-electron chi connectivity index (χ0n) is 11.8. The summed E-state index contributed by atoms with van der Waals surface area (Å²) in [5.41, 5.74) is 7.39. The van der Waals surface area contributed by atoms with Crippen LogP contribution in [0.15, 0.2) is 24.3 Å². The van der Waals surface area contributed by atoms with Gasteiger partial charge in [0.15, 0.2) is 0 Å². The first kappa shape index (κ1) is 18.4. The Morgan fingerprint density at radius 2 is 1.80 bits per heavy atom. The molecule has 112 valence electrons. The molecule has 0 spiro atoms. The molecule has 5 nitrogen and oxygen atoms in total. The van der Waals surface area contributed by atoms with Crippen molar-refractivity contribution in [3.63, 3.8) is 0 Å². The molecule has 1 aromatic carbocycles. The number of hydrogen-bond acceptors (Lipinski definition) is 3. The minimum absolute atomic E-state index is 0. The van der Waals surface area contributed by atoms with E-state index in [4.69, 9.17) is 5.73 Å². The Morgan fingerprint density at radius 3 is 2.30 bits per heavy atom. The van der Waals surface area contributed by atoms with Crippen LogP contribution in [0.1, 0.15) is 30.5 Å². The summed E-state index contributed by atoms with van der Waals surface area (Å²) >= 11 is 0. The molecule has 1 unspecified atom stereocenters. The van der Waals surface area contributed by atoms with Crippen LogP contribution in [0.25, 0.3) is 0 Å². The van der Waals surface area contributed by atoms with Gasteiger partial charge in [-0.1, -0.05) is 36.8 Å².